The number of amides is 1. The summed E-state index contributed by atoms with van der Waals surface area (Å²) in [7, 11) is 4.00. The minimum Gasteiger partial charge on any atom is -0.492 e. The van der Waals surface area contributed by atoms with Gasteiger partial charge in [-0.25, -0.2) is 0 Å². The zero-order valence-corrected chi connectivity index (χ0v) is 14.0. The van der Waals surface area contributed by atoms with Crippen molar-refractivity contribution in [3.63, 3.8) is 0 Å². The average molecular weight is 323 g/mol. The van der Waals surface area contributed by atoms with Crippen LogP contribution in [0, 0.1) is 11.3 Å². The third kappa shape index (κ3) is 5.41. The molecular formula is C19H21N3O2. The summed E-state index contributed by atoms with van der Waals surface area (Å²) < 4.78 is 5.63. The van der Waals surface area contributed by atoms with Crippen LogP contribution in [0.1, 0.15) is 21.5 Å². The smallest absolute Gasteiger partial charge is 0.251 e. The van der Waals surface area contributed by atoms with Gasteiger partial charge in [0.15, 0.2) is 0 Å². The predicted octanol–water partition coefficient (Wildman–Crippen LogP) is 2.43. The second kappa shape index (κ2) is 8.70. The molecule has 5 nitrogen and oxygen atoms in total. The van der Waals surface area contributed by atoms with Crippen molar-refractivity contribution in [1.29, 1.82) is 5.26 Å². The molecule has 0 saturated heterocycles. The highest BCUT2D eigenvalue weighted by Crippen LogP contribution is 2.12. The van der Waals surface area contributed by atoms with Gasteiger partial charge in [0.1, 0.15) is 12.4 Å². The first kappa shape index (κ1) is 17.5. The van der Waals surface area contributed by atoms with Gasteiger partial charge in [-0.3, -0.25) is 4.79 Å². The largest absolute Gasteiger partial charge is 0.492 e. The number of hydrogen-bond acceptors (Lipinski definition) is 4. The highest BCUT2D eigenvalue weighted by Gasteiger charge is 2.06. The molecule has 0 aliphatic rings. The fraction of sp³-hybridized carbons (Fsp3) is 0.263. The summed E-state index contributed by atoms with van der Waals surface area (Å²) in [5.41, 5.74) is 1.94. The van der Waals surface area contributed by atoms with Crippen LogP contribution in [0.3, 0.4) is 0 Å². The summed E-state index contributed by atoms with van der Waals surface area (Å²) in [6.07, 6.45) is 0. The molecule has 0 bridgehead atoms. The van der Waals surface area contributed by atoms with Gasteiger partial charge in [0.2, 0.25) is 0 Å². The number of nitrogens with one attached hydrogen (secondary N) is 1. The van der Waals surface area contributed by atoms with Gasteiger partial charge in [-0.15, -0.1) is 0 Å². The molecule has 0 heterocycles. The molecule has 1 N–H and O–H groups in total. The van der Waals surface area contributed by atoms with Crippen LogP contribution in [-0.4, -0.2) is 38.1 Å². The zero-order chi connectivity index (χ0) is 17.4. The molecule has 2 rings (SSSR count). The van der Waals surface area contributed by atoms with Crippen molar-refractivity contribution in [1.82, 2.24) is 10.2 Å². The number of ether oxygens (including phenoxy) is 1. The van der Waals surface area contributed by atoms with E-state index in [2.05, 4.69) is 10.2 Å². The molecule has 0 spiro atoms. The van der Waals surface area contributed by atoms with Crippen LogP contribution in [0.25, 0.3) is 0 Å². The summed E-state index contributed by atoms with van der Waals surface area (Å²) in [6, 6.07) is 16.3. The molecule has 2 aromatic rings. The molecule has 24 heavy (non-hydrogen) atoms. The molecular weight excluding hydrogens is 302 g/mol. The van der Waals surface area contributed by atoms with Crippen molar-refractivity contribution in [3.05, 3.63) is 65.2 Å². The highest BCUT2D eigenvalue weighted by atomic mass is 16.5. The highest BCUT2D eigenvalue weighted by molar-refractivity contribution is 5.94. The van der Waals surface area contributed by atoms with E-state index in [9.17, 15) is 4.79 Å². The van der Waals surface area contributed by atoms with Gasteiger partial charge < -0.3 is 15.0 Å². The van der Waals surface area contributed by atoms with E-state index in [4.69, 9.17) is 10.00 Å². The lowest BCUT2D eigenvalue weighted by Crippen LogP contribution is -2.22. The fourth-order valence-electron chi connectivity index (χ4n) is 2.06. The monoisotopic (exact) mass is 323 g/mol. The molecule has 0 atom stereocenters. The maximum atomic E-state index is 12.1. The molecule has 1 amide bonds. The first-order chi connectivity index (χ1) is 11.6. The Labute approximate surface area is 142 Å². The lowest BCUT2D eigenvalue weighted by atomic mass is 10.1. The standard InChI is InChI=1S/C19H21N3O2/c1-22(2)10-11-24-18-8-6-15(7-9-18)14-21-19(23)17-5-3-4-16(12-17)13-20/h3-9,12H,10-11,14H2,1-2H3,(H,21,23). The maximum Gasteiger partial charge on any atom is 0.251 e. The number of nitrogens with zero attached hydrogens (tertiary/aromatic N) is 2. The van der Waals surface area contributed by atoms with E-state index in [1.807, 2.05) is 44.4 Å². The van der Waals surface area contributed by atoms with Crippen LogP contribution >= 0.6 is 0 Å². The Kier molecular flexibility index (Phi) is 6.35. The third-order valence-corrected chi connectivity index (χ3v) is 3.44. The van der Waals surface area contributed by atoms with E-state index in [1.54, 1.807) is 24.3 Å². The van der Waals surface area contributed by atoms with Crippen molar-refractivity contribution in [3.8, 4) is 11.8 Å². The first-order valence-electron chi connectivity index (χ1n) is 7.73. The van der Waals surface area contributed by atoms with Gasteiger partial charge in [0, 0.05) is 18.7 Å². The molecule has 0 aromatic heterocycles. The minimum absolute atomic E-state index is 0.196. The van der Waals surface area contributed by atoms with E-state index < -0.39 is 0 Å². The average Bonchev–Trinajstić information content (AvgIpc) is 2.60. The van der Waals surface area contributed by atoms with Gasteiger partial charge in [0.05, 0.1) is 11.6 Å². The number of benzene rings is 2. The maximum absolute atomic E-state index is 12.1. The number of nitriles is 1. The van der Waals surface area contributed by atoms with Crippen LogP contribution in [0.4, 0.5) is 0 Å². The molecule has 5 heteroatoms. The molecule has 124 valence electrons. The summed E-state index contributed by atoms with van der Waals surface area (Å²) in [5.74, 6) is 0.618. The number of rotatable bonds is 7. The van der Waals surface area contributed by atoms with Gasteiger partial charge >= 0.3 is 0 Å². The Morgan fingerprint density at radius 1 is 1.21 bits per heavy atom. The quantitative estimate of drug-likeness (QED) is 0.850. The van der Waals surface area contributed by atoms with Crippen molar-refractivity contribution < 1.29 is 9.53 Å². The van der Waals surface area contributed by atoms with Crippen LogP contribution in [-0.2, 0) is 6.54 Å². The van der Waals surface area contributed by atoms with E-state index in [0.717, 1.165) is 17.9 Å². The van der Waals surface area contributed by atoms with Crippen molar-refractivity contribution in [2.24, 2.45) is 0 Å². The normalized spacial score (nSPS) is 10.2. The summed E-state index contributed by atoms with van der Waals surface area (Å²) in [4.78, 5) is 14.2. The Hall–Kier alpha value is -2.84. The zero-order valence-electron chi connectivity index (χ0n) is 14.0. The van der Waals surface area contributed by atoms with Crippen LogP contribution in [0.5, 0.6) is 5.75 Å². The van der Waals surface area contributed by atoms with Crippen molar-refractivity contribution >= 4 is 5.91 Å². The fourth-order valence-corrected chi connectivity index (χ4v) is 2.06. The van der Waals surface area contributed by atoms with E-state index >= 15 is 0 Å². The Morgan fingerprint density at radius 3 is 2.62 bits per heavy atom. The lowest BCUT2D eigenvalue weighted by molar-refractivity contribution is 0.0951. The summed E-state index contributed by atoms with van der Waals surface area (Å²) in [5, 5.41) is 11.7. The topological polar surface area (TPSA) is 65.4 Å². The minimum atomic E-state index is -0.196. The van der Waals surface area contributed by atoms with Crippen molar-refractivity contribution in [2.45, 2.75) is 6.54 Å². The van der Waals surface area contributed by atoms with Crippen LogP contribution < -0.4 is 10.1 Å². The van der Waals surface area contributed by atoms with Gasteiger partial charge in [0.25, 0.3) is 5.91 Å². The molecule has 0 fully saturated rings. The van der Waals surface area contributed by atoms with Crippen LogP contribution in [0.2, 0.25) is 0 Å². The summed E-state index contributed by atoms with van der Waals surface area (Å²) >= 11 is 0. The second-order valence-electron chi connectivity index (χ2n) is 5.67. The van der Waals surface area contributed by atoms with Crippen molar-refractivity contribution in [2.75, 3.05) is 27.2 Å². The van der Waals surface area contributed by atoms with E-state index in [-0.39, 0.29) is 5.91 Å². The number of carbonyl (C=O) groups is 1. The number of hydrogen-bond donors (Lipinski definition) is 1. The molecule has 0 aliphatic carbocycles. The molecule has 0 aliphatic heterocycles. The molecule has 0 unspecified atom stereocenters. The van der Waals surface area contributed by atoms with Crippen LogP contribution in [0.15, 0.2) is 48.5 Å². The molecule has 2 aromatic carbocycles. The first-order valence-corrected chi connectivity index (χ1v) is 7.73. The molecule has 0 radical (unpaired) electrons. The third-order valence-electron chi connectivity index (χ3n) is 3.44. The predicted molar refractivity (Wildman–Crippen MR) is 92.8 cm³/mol. The molecule has 0 saturated carbocycles. The van der Waals surface area contributed by atoms with Gasteiger partial charge in [-0.2, -0.15) is 5.26 Å². The Morgan fingerprint density at radius 2 is 1.96 bits per heavy atom. The Bertz CT molecular complexity index is 718. The second-order valence-corrected chi connectivity index (χ2v) is 5.67. The van der Waals surface area contributed by atoms with E-state index in [1.165, 1.54) is 0 Å². The van der Waals surface area contributed by atoms with E-state index in [0.29, 0.717) is 24.3 Å². The summed E-state index contributed by atoms with van der Waals surface area (Å²) in [6.45, 7) is 1.92. The van der Waals surface area contributed by atoms with Gasteiger partial charge in [-0.05, 0) is 50.0 Å². The lowest BCUT2D eigenvalue weighted by Gasteiger charge is -2.11. The Balaban J connectivity index is 1.85. The number of carbonyl (C=O) groups excluding carboxylic acids is 1. The number of likely N-dealkylation sites (N-methyl/N-ethyl adjacent to an activating group) is 1. The SMILES string of the molecule is CN(C)CCOc1ccc(CNC(=O)c2cccc(C#N)c2)cc1. The van der Waals surface area contributed by atoms with Gasteiger partial charge in [-0.1, -0.05) is 18.2 Å².